The summed E-state index contributed by atoms with van der Waals surface area (Å²) in [6.45, 7) is 2.60. The standard InChI is InChI=1S/C12H15N/c1-2-5-11-10(4-1)7-9-13-8-3-6-12(11)13/h1-2,4-5,12H,3,6-9H2. The van der Waals surface area contributed by atoms with Gasteiger partial charge in [0.1, 0.15) is 0 Å². The van der Waals surface area contributed by atoms with E-state index in [-0.39, 0.29) is 0 Å². The van der Waals surface area contributed by atoms with Crippen LogP contribution in [0.15, 0.2) is 24.3 Å². The van der Waals surface area contributed by atoms with Crippen LogP contribution in [0.2, 0.25) is 0 Å². The maximum atomic E-state index is 2.64. The molecule has 2 heterocycles. The molecule has 0 amide bonds. The van der Waals surface area contributed by atoms with Crippen molar-refractivity contribution in [3.8, 4) is 0 Å². The summed E-state index contributed by atoms with van der Waals surface area (Å²) in [5, 5.41) is 0. The summed E-state index contributed by atoms with van der Waals surface area (Å²) in [6.07, 6.45) is 4.02. The summed E-state index contributed by atoms with van der Waals surface area (Å²) in [5.74, 6) is 0. The number of nitrogens with zero attached hydrogens (tertiary/aromatic N) is 1. The molecule has 2 aliphatic heterocycles. The van der Waals surface area contributed by atoms with Crippen molar-refractivity contribution in [2.75, 3.05) is 13.1 Å². The van der Waals surface area contributed by atoms with E-state index in [9.17, 15) is 0 Å². The molecule has 1 fully saturated rings. The molecule has 0 radical (unpaired) electrons. The van der Waals surface area contributed by atoms with Crippen LogP contribution in [0.5, 0.6) is 0 Å². The third kappa shape index (κ3) is 1.11. The van der Waals surface area contributed by atoms with Crippen molar-refractivity contribution in [3.05, 3.63) is 35.4 Å². The predicted octanol–water partition coefficient (Wildman–Crippen LogP) is 2.38. The molecule has 1 nitrogen and oxygen atoms in total. The second kappa shape index (κ2) is 2.85. The number of fused-ring (bicyclic) bond motifs is 3. The van der Waals surface area contributed by atoms with E-state index in [2.05, 4.69) is 29.2 Å². The SMILES string of the molecule is c1ccc2c(c1)CCN1CCCC21. The second-order valence-electron chi connectivity index (χ2n) is 4.14. The van der Waals surface area contributed by atoms with Crippen LogP contribution in [0, 0.1) is 0 Å². The van der Waals surface area contributed by atoms with Crippen molar-refractivity contribution in [1.29, 1.82) is 0 Å². The fraction of sp³-hybridized carbons (Fsp3) is 0.500. The Kier molecular flexibility index (Phi) is 1.66. The molecule has 13 heavy (non-hydrogen) atoms. The summed E-state index contributed by atoms with van der Waals surface area (Å²) >= 11 is 0. The Morgan fingerprint density at radius 2 is 2.08 bits per heavy atom. The van der Waals surface area contributed by atoms with Gasteiger partial charge < -0.3 is 0 Å². The molecule has 68 valence electrons. The Labute approximate surface area is 79.4 Å². The van der Waals surface area contributed by atoms with Crippen LogP contribution in [0.25, 0.3) is 0 Å². The quantitative estimate of drug-likeness (QED) is 0.582. The molecule has 3 rings (SSSR count). The number of hydrogen-bond acceptors (Lipinski definition) is 1. The normalized spacial score (nSPS) is 26.9. The average Bonchev–Trinajstić information content (AvgIpc) is 2.65. The molecular weight excluding hydrogens is 158 g/mol. The highest BCUT2D eigenvalue weighted by atomic mass is 15.2. The fourth-order valence-corrected chi connectivity index (χ4v) is 2.80. The smallest absolute Gasteiger partial charge is 0.0351 e. The van der Waals surface area contributed by atoms with Crippen molar-refractivity contribution in [1.82, 2.24) is 4.90 Å². The van der Waals surface area contributed by atoms with Crippen molar-refractivity contribution < 1.29 is 0 Å². The monoisotopic (exact) mass is 173 g/mol. The molecule has 0 N–H and O–H groups in total. The minimum atomic E-state index is 0.755. The molecule has 1 aromatic rings. The van der Waals surface area contributed by atoms with E-state index in [1.807, 2.05) is 0 Å². The summed E-state index contributed by atoms with van der Waals surface area (Å²) in [6, 6.07) is 9.72. The van der Waals surface area contributed by atoms with E-state index >= 15 is 0 Å². The van der Waals surface area contributed by atoms with Gasteiger partial charge in [0.2, 0.25) is 0 Å². The highest BCUT2D eigenvalue weighted by Crippen LogP contribution is 2.36. The van der Waals surface area contributed by atoms with Gasteiger partial charge in [0.25, 0.3) is 0 Å². The Bertz CT molecular complexity index is 319. The van der Waals surface area contributed by atoms with Crippen molar-refractivity contribution in [2.45, 2.75) is 25.3 Å². The first-order chi connectivity index (χ1) is 6.45. The molecule has 1 aromatic carbocycles. The lowest BCUT2D eigenvalue weighted by Gasteiger charge is -2.31. The van der Waals surface area contributed by atoms with Crippen LogP contribution in [0.1, 0.15) is 30.0 Å². The van der Waals surface area contributed by atoms with E-state index in [1.165, 1.54) is 32.4 Å². The Morgan fingerprint density at radius 3 is 3.08 bits per heavy atom. The van der Waals surface area contributed by atoms with Crippen LogP contribution in [0.3, 0.4) is 0 Å². The molecule has 1 atom stereocenters. The lowest BCUT2D eigenvalue weighted by molar-refractivity contribution is 0.244. The van der Waals surface area contributed by atoms with Gasteiger partial charge in [-0.15, -0.1) is 0 Å². The first-order valence-corrected chi connectivity index (χ1v) is 5.27. The molecule has 1 saturated heterocycles. The van der Waals surface area contributed by atoms with E-state index in [4.69, 9.17) is 0 Å². The topological polar surface area (TPSA) is 3.24 Å². The maximum absolute atomic E-state index is 2.64. The molecule has 2 aliphatic rings. The average molecular weight is 173 g/mol. The summed E-state index contributed by atoms with van der Waals surface area (Å²) < 4.78 is 0. The summed E-state index contributed by atoms with van der Waals surface area (Å²) in [5.41, 5.74) is 3.19. The van der Waals surface area contributed by atoms with E-state index < -0.39 is 0 Å². The Balaban J connectivity index is 2.06. The molecule has 0 spiro atoms. The van der Waals surface area contributed by atoms with Crippen LogP contribution in [-0.4, -0.2) is 18.0 Å². The van der Waals surface area contributed by atoms with Crippen LogP contribution >= 0.6 is 0 Å². The number of hydrogen-bond donors (Lipinski definition) is 0. The number of benzene rings is 1. The minimum absolute atomic E-state index is 0.755. The largest absolute Gasteiger partial charge is 0.296 e. The van der Waals surface area contributed by atoms with Gasteiger partial charge in [-0.3, -0.25) is 4.90 Å². The third-order valence-electron chi connectivity index (χ3n) is 3.45. The molecule has 1 heteroatoms. The van der Waals surface area contributed by atoms with Gasteiger partial charge in [-0.1, -0.05) is 24.3 Å². The minimum Gasteiger partial charge on any atom is -0.296 e. The Hall–Kier alpha value is -0.820. The van der Waals surface area contributed by atoms with Gasteiger partial charge in [-0.2, -0.15) is 0 Å². The van der Waals surface area contributed by atoms with E-state index in [0.717, 1.165) is 6.04 Å². The molecule has 0 saturated carbocycles. The first kappa shape index (κ1) is 7.57. The van der Waals surface area contributed by atoms with Gasteiger partial charge in [-0.05, 0) is 36.9 Å². The van der Waals surface area contributed by atoms with Gasteiger partial charge in [0.05, 0.1) is 0 Å². The lowest BCUT2D eigenvalue weighted by atomic mass is 9.93. The molecular formula is C12H15N. The van der Waals surface area contributed by atoms with Crippen molar-refractivity contribution in [3.63, 3.8) is 0 Å². The summed E-state index contributed by atoms with van der Waals surface area (Å²) in [7, 11) is 0. The zero-order valence-electron chi connectivity index (χ0n) is 7.87. The van der Waals surface area contributed by atoms with E-state index in [0.29, 0.717) is 0 Å². The molecule has 1 unspecified atom stereocenters. The van der Waals surface area contributed by atoms with Gasteiger partial charge in [-0.25, -0.2) is 0 Å². The highest BCUT2D eigenvalue weighted by Gasteiger charge is 2.30. The second-order valence-corrected chi connectivity index (χ2v) is 4.14. The Morgan fingerprint density at radius 1 is 1.15 bits per heavy atom. The van der Waals surface area contributed by atoms with Crippen molar-refractivity contribution >= 4 is 0 Å². The molecule has 0 aromatic heterocycles. The van der Waals surface area contributed by atoms with Crippen LogP contribution in [-0.2, 0) is 6.42 Å². The maximum Gasteiger partial charge on any atom is 0.0351 e. The highest BCUT2D eigenvalue weighted by molar-refractivity contribution is 5.33. The van der Waals surface area contributed by atoms with Crippen LogP contribution < -0.4 is 0 Å². The van der Waals surface area contributed by atoms with E-state index in [1.54, 1.807) is 11.1 Å². The lowest BCUT2D eigenvalue weighted by Crippen LogP contribution is -2.30. The number of rotatable bonds is 0. The fourth-order valence-electron chi connectivity index (χ4n) is 2.80. The predicted molar refractivity (Wildman–Crippen MR) is 53.7 cm³/mol. The van der Waals surface area contributed by atoms with Crippen molar-refractivity contribution in [2.24, 2.45) is 0 Å². The van der Waals surface area contributed by atoms with Gasteiger partial charge in [0.15, 0.2) is 0 Å². The van der Waals surface area contributed by atoms with Crippen LogP contribution in [0.4, 0.5) is 0 Å². The zero-order chi connectivity index (χ0) is 8.67. The van der Waals surface area contributed by atoms with Gasteiger partial charge in [0, 0.05) is 12.6 Å². The first-order valence-electron chi connectivity index (χ1n) is 5.27. The van der Waals surface area contributed by atoms with Gasteiger partial charge >= 0.3 is 0 Å². The summed E-state index contributed by atoms with van der Waals surface area (Å²) in [4.78, 5) is 2.64. The third-order valence-corrected chi connectivity index (χ3v) is 3.45. The molecule has 0 bridgehead atoms. The molecule has 0 aliphatic carbocycles. The zero-order valence-corrected chi connectivity index (χ0v) is 7.87.